The number of thiophene rings is 1. The number of hydrogen-bond donors (Lipinski definition) is 2. The van der Waals surface area contributed by atoms with E-state index in [1.165, 1.54) is 63.2 Å². The molecular formula is C25H39NO3S. The normalized spacial score (nSPS) is 18.4. The van der Waals surface area contributed by atoms with Crippen LogP contribution < -0.4 is 0 Å². The van der Waals surface area contributed by atoms with E-state index >= 15 is 0 Å². The zero-order chi connectivity index (χ0) is 22.4. The number of rotatable bonds is 8. The van der Waals surface area contributed by atoms with Crippen LogP contribution in [0.5, 0.6) is 0 Å². The Hall–Kier alpha value is -1.64. The van der Waals surface area contributed by atoms with Gasteiger partial charge in [-0.3, -0.25) is 0 Å². The van der Waals surface area contributed by atoms with E-state index in [0.29, 0.717) is 4.88 Å². The molecule has 0 spiro atoms. The summed E-state index contributed by atoms with van der Waals surface area (Å²) in [6, 6.07) is 5.30. The molecule has 1 unspecified atom stereocenters. The molecule has 0 amide bonds. The smallest absolute Gasteiger partial charge is 0.345 e. The van der Waals surface area contributed by atoms with Crippen LogP contribution >= 0.6 is 11.3 Å². The minimum Gasteiger partial charge on any atom is -0.477 e. The van der Waals surface area contributed by atoms with Gasteiger partial charge in [0, 0.05) is 11.8 Å². The van der Waals surface area contributed by atoms with E-state index in [1.807, 2.05) is 6.07 Å². The van der Waals surface area contributed by atoms with Crippen molar-refractivity contribution in [2.45, 2.75) is 97.5 Å². The molecule has 2 fully saturated rings. The second-order valence-corrected chi connectivity index (χ2v) is 9.51. The molecule has 0 bridgehead atoms. The third kappa shape index (κ3) is 8.62. The first-order valence-electron chi connectivity index (χ1n) is 11.4. The lowest BCUT2D eigenvalue weighted by Crippen LogP contribution is -2.40. The number of carboxylic acid groups (broad SMARTS) is 1. The summed E-state index contributed by atoms with van der Waals surface area (Å²) >= 11 is 1.37. The van der Waals surface area contributed by atoms with E-state index in [0.717, 1.165) is 36.5 Å². The first-order chi connectivity index (χ1) is 14.4. The highest BCUT2D eigenvalue weighted by molar-refractivity contribution is 7.13. The second-order valence-electron chi connectivity index (χ2n) is 8.34. The van der Waals surface area contributed by atoms with Crippen molar-refractivity contribution < 1.29 is 15.0 Å². The molecular weight excluding hydrogens is 394 g/mol. The Morgan fingerprint density at radius 2 is 1.93 bits per heavy atom. The van der Waals surface area contributed by atoms with Crippen molar-refractivity contribution in [2.75, 3.05) is 0 Å². The summed E-state index contributed by atoms with van der Waals surface area (Å²) in [5.74, 6) is -0.0106. The fourth-order valence-corrected chi connectivity index (χ4v) is 5.17. The van der Waals surface area contributed by atoms with Gasteiger partial charge in [-0.2, -0.15) is 5.26 Å². The molecule has 2 saturated carbocycles. The third-order valence-electron chi connectivity index (χ3n) is 6.30. The highest BCUT2D eigenvalue weighted by Crippen LogP contribution is 2.47. The third-order valence-corrected chi connectivity index (χ3v) is 7.43. The van der Waals surface area contributed by atoms with E-state index in [4.69, 9.17) is 10.4 Å². The number of carboxylic acids is 1. The van der Waals surface area contributed by atoms with Crippen LogP contribution in [-0.4, -0.2) is 22.3 Å². The van der Waals surface area contributed by atoms with Crippen LogP contribution in [0.15, 0.2) is 24.3 Å². The number of allylic oxidation sites excluding steroid dienone is 1. The summed E-state index contributed by atoms with van der Waals surface area (Å²) in [7, 11) is 0. The maximum Gasteiger partial charge on any atom is 0.345 e. The Morgan fingerprint density at radius 1 is 1.30 bits per heavy atom. The van der Waals surface area contributed by atoms with Crippen LogP contribution in [0.4, 0.5) is 0 Å². The van der Waals surface area contributed by atoms with Gasteiger partial charge in [-0.15, -0.1) is 11.3 Å². The Balaban J connectivity index is 0.000000280. The maximum atomic E-state index is 10.4. The monoisotopic (exact) mass is 433 g/mol. The average molecular weight is 434 g/mol. The highest BCUT2D eigenvalue weighted by atomic mass is 32.1. The number of aliphatic hydroxyl groups excluding tert-OH is 1. The topological polar surface area (TPSA) is 81.3 Å². The van der Waals surface area contributed by atoms with E-state index in [1.54, 1.807) is 12.1 Å². The summed E-state index contributed by atoms with van der Waals surface area (Å²) < 4.78 is 0. The van der Waals surface area contributed by atoms with Gasteiger partial charge in [0.2, 0.25) is 0 Å². The standard InChI is InChI=1S/C15H26O.C8H10O2S.C2H3N/c1-2-15(11-6-12-15)14(16)10-5-9-13-7-3-4-8-13;1-2-3-6-4-5-7(11-6)8(9)10;1-2-3/h5,9,13-14,16H,2-4,6-8,10-12H2,1H3;4-5H,2-3H2,1H3,(H,9,10);1H3/b9-5+;;. The van der Waals surface area contributed by atoms with Gasteiger partial charge in [-0.25, -0.2) is 4.79 Å². The minimum atomic E-state index is -0.822. The van der Waals surface area contributed by atoms with Crippen LogP contribution in [0.1, 0.15) is 99.5 Å². The predicted octanol–water partition coefficient (Wildman–Crippen LogP) is 6.99. The number of nitrogens with zero attached hydrogens (tertiary/aromatic N) is 1. The second kappa shape index (κ2) is 14.4. The maximum absolute atomic E-state index is 10.4. The van der Waals surface area contributed by atoms with Crippen LogP contribution in [0.3, 0.4) is 0 Å². The van der Waals surface area contributed by atoms with Gasteiger partial charge in [-0.1, -0.05) is 51.7 Å². The Labute approximate surface area is 186 Å². The lowest BCUT2D eigenvalue weighted by Gasteiger charge is -2.45. The van der Waals surface area contributed by atoms with Gasteiger partial charge in [0.1, 0.15) is 4.88 Å². The molecule has 168 valence electrons. The van der Waals surface area contributed by atoms with Gasteiger partial charge in [0.05, 0.1) is 12.2 Å². The Morgan fingerprint density at radius 3 is 2.37 bits per heavy atom. The largest absolute Gasteiger partial charge is 0.477 e. The summed E-state index contributed by atoms with van der Waals surface area (Å²) in [6.45, 7) is 5.74. The molecule has 1 aromatic heterocycles. The van der Waals surface area contributed by atoms with E-state index in [2.05, 4.69) is 26.0 Å². The molecule has 3 rings (SSSR count). The molecule has 0 aromatic carbocycles. The molecule has 0 aliphatic heterocycles. The first-order valence-corrected chi connectivity index (χ1v) is 12.2. The van der Waals surface area contributed by atoms with E-state index in [-0.39, 0.29) is 11.5 Å². The lowest BCUT2D eigenvalue weighted by atomic mass is 9.63. The van der Waals surface area contributed by atoms with Gasteiger partial charge in [-0.05, 0) is 68.4 Å². The number of carbonyl (C=O) groups is 1. The minimum absolute atomic E-state index is 0.0936. The molecule has 1 atom stereocenters. The molecule has 30 heavy (non-hydrogen) atoms. The van der Waals surface area contributed by atoms with Gasteiger partial charge >= 0.3 is 5.97 Å². The molecule has 4 nitrogen and oxygen atoms in total. The summed E-state index contributed by atoms with van der Waals surface area (Å²) in [6.07, 6.45) is 17.9. The molecule has 1 aromatic rings. The van der Waals surface area contributed by atoms with Crippen molar-refractivity contribution in [3.8, 4) is 6.07 Å². The zero-order valence-corrected chi connectivity index (χ0v) is 19.7. The van der Waals surface area contributed by atoms with Gasteiger partial charge < -0.3 is 10.2 Å². The Bertz CT molecular complexity index is 673. The number of aliphatic hydroxyl groups is 1. The fourth-order valence-electron chi connectivity index (χ4n) is 4.23. The van der Waals surface area contributed by atoms with Gasteiger partial charge in [0.25, 0.3) is 0 Å². The molecule has 0 radical (unpaired) electrons. The number of aromatic carboxylic acids is 1. The number of nitriles is 1. The lowest BCUT2D eigenvalue weighted by molar-refractivity contribution is -0.0355. The quantitative estimate of drug-likeness (QED) is 0.433. The van der Waals surface area contributed by atoms with Crippen LogP contribution in [-0.2, 0) is 6.42 Å². The molecule has 2 N–H and O–H groups in total. The summed E-state index contributed by atoms with van der Waals surface area (Å²) in [5.41, 5.74) is 0.278. The van der Waals surface area contributed by atoms with Gasteiger partial charge in [0.15, 0.2) is 0 Å². The van der Waals surface area contributed by atoms with Crippen LogP contribution in [0, 0.1) is 22.7 Å². The number of aryl methyl sites for hydroxylation is 1. The molecule has 2 aliphatic carbocycles. The first kappa shape index (κ1) is 26.4. The SMILES string of the molecule is CC#N.CCC1(C(O)C/C=C/C2CCCC2)CCC1.CCCc1ccc(C(=O)O)s1. The number of hydrogen-bond acceptors (Lipinski definition) is 4. The summed E-state index contributed by atoms with van der Waals surface area (Å²) in [5, 5.41) is 26.1. The summed E-state index contributed by atoms with van der Waals surface area (Å²) in [4.78, 5) is 12.0. The molecule has 2 aliphatic rings. The predicted molar refractivity (Wildman–Crippen MR) is 125 cm³/mol. The van der Waals surface area contributed by atoms with Crippen molar-refractivity contribution in [2.24, 2.45) is 11.3 Å². The van der Waals surface area contributed by atoms with E-state index in [9.17, 15) is 9.90 Å². The van der Waals surface area contributed by atoms with Crippen molar-refractivity contribution in [3.63, 3.8) is 0 Å². The zero-order valence-electron chi connectivity index (χ0n) is 18.9. The van der Waals surface area contributed by atoms with Crippen molar-refractivity contribution in [1.29, 1.82) is 5.26 Å². The fraction of sp³-hybridized carbons (Fsp3) is 0.680. The van der Waals surface area contributed by atoms with Crippen molar-refractivity contribution in [1.82, 2.24) is 0 Å². The average Bonchev–Trinajstić information content (AvgIpc) is 3.35. The highest BCUT2D eigenvalue weighted by Gasteiger charge is 2.40. The van der Waals surface area contributed by atoms with E-state index < -0.39 is 5.97 Å². The van der Waals surface area contributed by atoms with Crippen molar-refractivity contribution >= 4 is 17.3 Å². The molecule has 1 heterocycles. The molecule has 5 heteroatoms. The van der Waals surface area contributed by atoms with Crippen LogP contribution in [0.2, 0.25) is 0 Å². The van der Waals surface area contributed by atoms with Crippen molar-refractivity contribution in [3.05, 3.63) is 34.0 Å². The van der Waals surface area contributed by atoms with Crippen LogP contribution in [0.25, 0.3) is 0 Å². The Kier molecular flexibility index (Phi) is 12.7. The molecule has 0 saturated heterocycles.